The Morgan fingerprint density at radius 2 is 1.94 bits per heavy atom. The topological polar surface area (TPSA) is 41.6 Å². The summed E-state index contributed by atoms with van der Waals surface area (Å²) in [6.07, 6.45) is 1.75. The molecule has 2 heterocycles. The Kier molecular flexibility index (Phi) is 2.73. The van der Waals surface area contributed by atoms with Crippen LogP contribution in [0.3, 0.4) is 0 Å². The summed E-state index contributed by atoms with van der Waals surface area (Å²) in [6.45, 7) is 2.00. The molecule has 3 nitrogen and oxygen atoms in total. The number of aromatic nitrogens is 3. The molecule has 3 rings (SSSR count). The first-order valence-corrected chi connectivity index (χ1v) is 6.17. The summed E-state index contributed by atoms with van der Waals surface area (Å²) < 4.78 is 0. The van der Waals surface area contributed by atoms with Crippen molar-refractivity contribution in [1.82, 2.24) is 15.0 Å². The fourth-order valence-electron chi connectivity index (χ4n) is 1.85. The van der Waals surface area contributed by atoms with Gasteiger partial charge in [0.15, 0.2) is 5.82 Å². The number of benzene rings is 1. The number of aromatic amines is 1. The molecule has 0 radical (unpaired) electrons. The highest BCUT2D eigenvalue weighted by Crippen LogP contribution is 2.28. The van der Waals surface area contributed by atoms with Crippen LogP contribution in [0.2, 0.25) is 10.0 Å². The monoisotopic (exact) mass is 277 g/mol. The van der Waals surface area contributed by atoms with Crippen LogP contribution in [0.5, 0.6) is 0 Å². The van der Waals surface area contributed by atoms with Gasteiger partial charge in [0.2, 0.25) is 0 Å². The number of nitrogens with one attached hydrogen (secondary N) is 1. The second kappa shape index (κ2) is 4.26. The molecule has 18 heavy (non-hydrogen) atoms. The van der Waals surface area contributed by atoms with Crippen LogP contribution in [0.15, 0.2) is 30.5 Å². The van der Waals surface area contributed by atoms with Gasteiger partial charge in [0.1, 0.15) is 5.69 Å². The number of aryl methyl sites for hydroxylation is 1. The fourth-order valence-corrected chi connectivity index (χ4v) is 2.17. The van der Waals surface area contributed by atoms with E-state index in [0.29, 0.717) is 10.0 Å². The van der Waals surface area contributed by atoms with Crippen molar-refractivity contribution in [3.05, 3.63) is 46.1 Å². The van der Waals surface area contributed by atoms with Crippen molar-refractivity contribution >= 4 is 34.2 Å². The molecule has 0 amide bonds. The average Bonchev–Trinajstić information content (AvgIpc) is 2.73. The first kappa shape index (κ1) is 11.5. The second-order valence-corrected chi connectivity index (χ2v) is 4.85. The third-order valence-electron chi connectivity index (χ3n) is 2.76. The van der Waals surface area contributed by atoms with Crippen molar-refractivity contribution in [3.8, 4) is 11.5 Å². The molecule has 0 aliphatic carbocycles. The molecule has 0 aliphatic heterocycles. The molecule has 0 unspecified atom stereocenters. The van der Waals surface area contributed by atoms with Gasteiger partial charge in [0, 0.05) is 6.20 Å². The van der Waals surface area contributed by atoms with Crippen molar-refractivity contribution in [2.75, 3.05) is 0 Å². The summed E-state index contributed by atoms with van der Waals surface area (Å²) in [5.41, 5.74) is 3.53. The van der Waals surface area contributed by atoms with Crippen molar-refractivity contribution < 1.29 is 0 Å². The minimum atomic E-state index is 0.500. The van der Waals surface area contributed by atoms with E-state index in [1.165, 1.54) is 0 Å². The number of hydrogen-bond acceptors (Lipinski definition) is 2. The molecule has 0 bridgehead atoms. The summed E-state index contributed by atoms with van der Waals surface area (Å²) in [5, 5.41) is 1.01. The van der Waals surface area contributed by atoms with Crippen LogP contribution in [-0.2, 0) is 0 Å². The molecule has 3 aromatic rings. The van der Waals surface area contributed by atoms with Gasteiger partial charge in [-0.1, -0.05) is 29.3 Å². The lowest BCUT2D eigenvalue weighted by molar-refractivity contribution is 1.20. The summed E-state index contributed by atoms with van der Waals surface area (Å²) in [6, 6.07) is 7.41. The molecule has 1 N–H and O–H groups in total. The van der Waals surface area contributed by atoms with Crippen LogP contribution < -0.4 is 0 Å². The number of imidazole rings is 1. The van der Waals surface area contributed by atoms with E-state index >= 15 is 0 Å². The Morgan fingerprint density at radius 1 is 1.17 bits per heavy atom. The summed E-state index contributed by atoms with van der Waals surface area (Å²) in [7, 11) is 0. The van der Waals surface area contributed by atoms with Crippen molar-refractivity contribution in [2.45, 2.75) is 6.92 Å². The molecule has 0 spiro atoms. The first-order valence-electron chi connectivity index (χ1n) is 5.42. The van der Waals surface area contributed by atoms with Crippen LogP contribution >= 0.6 is 23.2 Å². The number of H-pyrrole nitrogens is 1. The lowest BCUT2D eigenvalue weighted by Crippen LogP contribution is -1.88. The average molecular weight is 278 g/mol. The maximum atomic E-state index is 5.98. The van der Waals surface area contributed by atoms with E-state index in [0.717, 1.165) is 28.1 Å². The van der Waals surface area contributed by atoms with E-state index in [1.54, 1.807) is 18.3 Å². The van der Waals surface area contributed by atoms with Crippen LogP contribution in [0.4, 0.5) is 0 Å². The van der Waals surface area contributed by atoms with E-state index in [2.05, 4.69) is 15.0 Å². The molecule has 0 aliphatic rings. The highest BCUT2D eigenvalue weighted by molar-refractivity contribution is 6.42. The number of pyridine rings is 1. The molecule has 1 aromatic carbocycles. The van der Waals surface area contributed by atoms with Crippen LogP contribution in [0.25, 0.3) is 22.6 Å². The minimum absolute atomic E-state index is 0.500. The largest absolute Gasteiger partial charge is 0.337 e. The zero-order valence-electron chi connectivity index (χ0n) is 9.54. The Bertz CT molecular complexity index is 695. The zero-order chi connectivity index (χ0) is 12.7. The molecule has 0 fully saturated rings. The quantitative estimate of drug-likeness (QED) is 0.723. The molecule has 90 valence electrons. The highest BCUT2D eigenvalue weighted by atomic mass is 35.5. The number of halogens is 2. The number of rotatable bonds is 1. The summed E-state index contributed by atoms with van der Waals surface area (Å²) in [5.74, 6) is 0.724. The normalized spacial score (nSPS) is 11.1. The van der Waals surface area contributed by atoms with Crippen molar-refractivity contribution in [2.24, 2.45) is 0 Å². The molecular weight excluding hydrogens is 269 g/mol. The van der Waals surface area contributed by atoms with E-state index < -0.39 is 0 Å². The highest BCUT2D eigenvalue weighted by Gasteiger charge is 2.10. The summed E-state index contributed by atoms with van der Waals surface area (Å²) in [4.78, 5) is 12.0. The van der Waals surface area contributed by atoms with Crippen LogP contribution in [0, 0.1) is 6.92 Å². The lowest BCUT2D eigenvalue weighted by Gasteiger charge is -1.98. The van der Waals surface area contributed by atoms with Gasteiger partial charge in [-0.25, -0.2) is 4.98 Å². The molecule has 2 aromatic heterocycles. The molecule has 0 saturated carbocycles. The van der Waals surface area contributed by atoms with Gasteiger partial charge in [-0.3, -0.25) is 4.98 Å². The van der Waals surface area contributed by atoms with Crippen molar-refractivity contribution in [1.29, 1.82) is 0 Å². The molecule has 0 saturated heterocycles. The Hall–Kier alpha value is -1.58. The summed E-state index contributed by atoms with van der Waals surface area (Å²) >= 11 is 12.0. The third kappa shape index (κ3) is 1.85. The van der Waals surface area contributed by atoms with Gasteiger partial charge >= 0.3 is 0 Å². The number of nitrogens with zero attached hydrogens (tertiary/aromatic N) is 2. The number of fused-ring (bicyclic) bond motifs is 1. The molecule has 5 heteroatoms. The van der Waals surface area contributed by atoms with Gasteiger partial charge in [0.05, 0.1) is 21.1 Å². The maximum absolute atomic E-state index is 5.98. The second-order valence-electron chi connectivity index (χ2n) is 4.04. The van der Waals surface area contributed by atoms with E-state index in [9.17, 15) is 0 Å². The predicted molar refractivity (Wildman–Crippen MR) is 74.1 cm³/mol. The van der Waals surface area contributed by atoms with Gasteiger partial charge in [-0.15, -0.1) is 0 Å². The number of hydrogen-bond donors (Lipinski definition) is 1. The smallest absolute Gasteiger partial charge is 0.157 e. The van der Waals surface area contributed by atoms with Crippen LogP contribution in [0.1, 0.15) is 5.56 Å². The minimum Gasteiger partial charge on any atom is -0.337 e. The lowest BCUT2D eigenvalue weighted by atomic mass is 10.2. The SMILES string of the molecule is Cc1cccnc1-c1nc2cc(Cl)c(Cl)cc2[nH]1. The van der Waals surface area contributed by atoms with Gasteiger partial charge in [-0.2, -0.15) is 0 Å². The Balaban J connectivity index is 2.23. The molecular formula is C13H9Cl2N3. The van der Waals surface area contributed by atoms with E-state index in [4.69, 9.17) is 23.2 Å². The Morgan fingerprint density at radius 3 is 2.72 bits per heavy atom. The molecule has 0 atom stereocenters. The predicted octanol–water partition coefficient (Wildman–Crippen LogP) is 4.24. The first-order chi connectivity index (χ1) is 8.65. The Labute approximate surface area is 114 Å². The van der Waals surface area contributed by atoms with Crippen molar-refractivity contribution in [3.63, 3.8) is 0 Å². The fraction of sp³-hybridized carbons (Fsp3) is 0.0769. The van der Waals surface area contributed by atoms with Crippen LogP contribution in [-0.4, -0.2) is 15.0 Å². The van der Waals surface area contributed by atoms with E-state index in [1.807, 2.05) is 19.1 Å². The van der Waals surface area contributed by atoms with Gasteiger partial charge < -0.3 is 4.98 Å². The van der Waals surface area contributed by atoms with E-state index in [-0.39, 0.29) is 0 Å². The van der Waals surface area contributed by atoms with Gasteiger partial charge in [0.25, 0.3) is 0 Å². The standard InChI is InChI=1S/C13H9Cl2N3/c1-7-3-2-4-16-12(7)13-17-10-5-8(14)9(15)6-11(10)18-13/h2-6H,1H3,(H,17,18). The maximum Gasteiger partial charge on any atom is 0.157 e. The van der Waals surface area contributed by atoms with Gasteiger partial charge in [-0.05, 0) is 30.7 Å². The third-order valence-corrected chi connectivity index (χ3v) is 3.48. The zero-order valence-corrected chi connectivity index (χ0v) is 11.0.